The number of ether oxygens (including phenoxy) is 3. The molecule has 1 heterocycles. The average Bonchev–Trinajstić information content (AvgIpc) is 3.28. The van der Waals surface area contributed by atoms with Gasteiger partial charge in [-0.05, 0) is 112 Å². The molecule has 188 valence electrons. The Labute approximate surface area is 200 Å². The molecule has 5 rings (SSSR count). The van der Waals surface area contributed by atoms with Crippen LogP contribution >= 0.6 is 0 Å². The van der Waals surface area contributed by atoms with Crippen LogP contribution in [0, 0.1) is 46.3 Å². The van der Waals surface area contributed by atoms with Crippen LogP contribution in [0.5, 0.6) is 0 Å². The van der Waals surface area contributed by atoms with Crippen molar-refractivity contribution < 1.29 is 19.0 Å². The summed E-state index contributed by atoms with van der Waals surface area (Å²) in [6.07, 6.45) is 10.5. The average molecular weight is 462 g/mol. The summed E-state index contributed by atoms with van der Waals surface area (Å²) in [5.74, 6) is 3.10. The van der Waals surface area contributed by atoms with Crippen molar-refractivity contribution in [3.8, 4) is 0 Å². The molecular formula is C28H47NO4. The van der Waals surface area contributed by atoms with E-state index in [1.54, 1.807) is 0 Å². The maximum atomic E-state index is 11.8. The number of fused-ring (bicyclic) bond motifs is 8. The quantitative estimate of drug-likeness (QED) is 0.575. The summed E-state index contributed by atoms with van der Waals surface area (Å²) >= 11 is 0. The van der Waals surface area contributed by atoms with Crippen molar-refractivity contribution >= 4 is 5.97 Å². The van der Waals surface area contributed by atoms with E-state index in [0.29, 0.717) is 58.8 Å². The molecule has 5 heteroatoms. The van der Waals surface area contributed by atoms with Crippen molar-refractivity contribution in [1.29, 1.82) is 0 Å². The third kappa shape index (κ3) is 3.71. The van der Waals surface area contributed by atoms with E-state index in [9.17, 15) is 4.79 Å². The van der Waals surface area contributed by atoms with E-state index < -0.39 is 5.79 Å². The number of carbonyl (C=O) groups excluding carboxylic acids is 1. The van der Waals surface area contributed by atoms with Crippen molar-refractivity contribution in [2.45, 2.75) is 116 Å². The minimum atomic E-state index is -0.508. The topological polar surface area (TPSA) is 70.8 Å². The van der Waals surface area contributed by atoms with Gasteiger partial charge in [-0.2, -0.15) is 0 Å². The number of hydrogen-bond acceptors (Lipinski definition) is 5. The smallest absolute Gasteiger partial charge is 0.305 e. The fraction of sp³-hybridized carbons (Fsp3) is 0.964. The van der Waals surface area contributed by atoms with Crippen LogP contribution in [0.15, 0.2) is 0 Å². The first-order valence-corrected chi connectivity index (χ1v) is 13.7. The number of methoxy groups -OCH3 is 1. The molecule has 0 bridgehead atoms. The molecule has 1 aliphatic heterocycles. The Morgan fingerprint density at radius 2 is 1.64 bits per heavy atom. The Hall–Kier alpha value is -0.650. The van der Waals surface area contributed by atoms with Crippen LogP contribution in [0.2, 0.25) is 0 Å². The number of rotatable bonds is 4. The first kappa shape index (κ1) is 24.1. The van der Waals surface area contributed by atoms with E-state index in [1.165, 1.54) is 39.2 Å². The van der Waals surface area contributed by atoms with Crippen molar-refractivity contribution in [2.24, 2.45) is 52.1 Å². The fourth-order valence-electron chi connectivity index (χ4n) is 9.84. The van der Waals surface area contributed by atoms with Crippen LogP contribution in [0.3, 0.4) is 0 Å². The lowest BCUT2D eigenvalue weighted by atomic mass is 9.43. The molecule has 0 radical (unpaired) electrons. The van der Waals surface area contributed by atoms with Gasteiger partial charge in [0.1, 0.15) is 0 Å². The summed E-state index contributed by atoms with van der Waals surface area (Å²) in [6, 6.07) is 0.299. The zero-order valence-electron chi connectivity index (χ0n) is 21.8. The lowest BCUT2D eigenvalue weighted by molar-refractivity contribution is -0.182. The second-order valence-electron chi connectivity index (χ2n) is 13.3. The number of esters is 1. The highest BCUT2D eigenvalue weighted by atomic mass is 16.8. The zero-order chi connectivity index (χ0) is 23.8. The minimum Gasteiger partial charge on any atom is -0.469 e. The van der Waals surface area contributed by atoms with E-state index >= 15 is 0 Å². The Morgan fingerprint density at radius 3 is 2.36 bits per heavy atom. The molecular weight excluding hydrogens is 414 g/mol. The molecule has 0 aromatic heterocycles. The third-order valence-electron chi connectivity index (χ3n) is 11.4. The van der Waals surface area contributed by atoms with E-state index in [1.807, 2.05) is 0 Å². The van der Waals surface area contributed by atoms with Gasteiger partial charge in [-0.25, -0.2) is 0 Å². The highest BCUT2D eigenvalue weighted by molar-refractivity contribution is 5.69. The molecule has 0 aromatic carbocycles. The van der Waals surface area contributed by atoms with Gasteiger partial charge in [0.05, 0.1) is 19.3 Å². The maximum Gasteiger partial charge on any atom is 0.305 e. The summed E-state index contributed by atoms with van der Waals surface area (Å²) in [6.45, 7) is 11.7. The molecule has 0 spiro atoms. The Kier molecular flexibility index (Phi) is 5.98. The Balaban J connectivity index is 1.44. The summed E-state index contributed by atoms with van der Waals surface area (Å²) in [5.41, 5.74) is 7.14. The molecule has 33 heavy (non-hydrogen) atoms. The summed E-state index contributed by atoms with van der Waals surface area (Å²) in [7, 11) is 1.50. The van der Waals surface area contributed by atoms with Crippen LogP contribution < -0.4 is 5.73 Å². The molecule has 4 saturated carbocycles. The Bertz CT molecular complexity index is 769. The molecule has 0 amide bonds. The predicted octanol–water partition coefficient (Wildman–Crippen LogP) is 5.30. The van der Waals surface area contributed by atoms with Crippen LogP contribution in [0.4, 0.5) is 0 Å². The first-order valence-electron chi connectivity index (χ1n) is 13.7. The summed E-state index contributed by atoms with van der Waals surface area (Å²) in [5, 5.41) is 0. The van der Waals surface area contributed by atoms with Crippen LogP contribution in [-0.2, 0) is 19.0 Å². The number of hydrogen-bond donors (Lipinski definition) is 1. The van der Waals surface area contributed by atoms with Gasteiger partial charge in [0.15, 0.2) is 5.79 Å². The molecule has 5 fully saturated rings. The van der Waals surface area contributed by atoms with Crippen molar-refractivity contribution in [1.82, 2.24) is 0 Å². The lowest BCUT2D eigenvalue weighted by Gasteiger charge is -2.63. The standard InChI is InChI=1S/C28H47NO4/c1-16(7-10-22(30)31-6)18-8-9-19-23-20(12-14-27(18,19)4)28(5)13-11-17(29)15-21(28)24-25(23)33-26(2,3)32-24/h16-21,23-25H,7-15,29H2,1-6H3/t16-,17+,18-,19?,20?,21?,23?,24-,25-,27-,28-/m1/s1. The van der Waals surface area contributed by atoms with Gasteiger partial charge in [0, 0.05) is 12.5 Å². The zero-order valence-corrected chi connectivity index (χ0v) is 21.8. The second kappa shape index (κ2) is 8.20. The third-order valence-corrected chi connectivity index (χ3v) is 11.4. The van der Waals surface area contributed by atoms with Crippen molar-refractivity contribution in [2.75, 3.05) is 7.11 Å². The predicted molar refractivity (Wildman–Crippen MR) is 128 cm³/mol. The van der Waals surface area contributed by atoms with Crippen LogP contribution in [-0.4, -0.2) is 37.1 Å². The molecule has 0 aromatic rings. The number of carbonyl (C=O) groups is 1. The van der Waals surface area contributed by atoms with Gasteiger partial charge >= 0.3 is 5.97 Å². The second-order valence-corrected chi connectivity index (χ2v) is 13.3. The van der Waals surface area contributed by atoms with E-state index in [2.05, 4.69) is 34.6 Å². The molecule has 5 aliphatic rings. The van der Waals surface area contributed by atoms with Gasteiger partial charge in [-0.15, -0.1) is 0 Å². The van der Waals surface area contributed by atoms with E-state index in [4.69, 9.17) is 19.9 Å². The SMILES string of the molecule is COC(=O)CC[C@@H](C)[C@H]1CCC2C3C(CC[C@@]21C)[C@@]1(C)CC[C@H](N)CC1[C@H]1OC(C)(C)O[C@H]31. The van der Waals surface area contributed by atoms with E-state index in [0.717, 1.165) is 19.3 Å². The van der Waals surface area contributed by atoms with Gasteiger partial charge in [0.25, 0.3) is 0 Å². The molecule has 4 unspecified atom stereocenters. The number of nitrogens with two attached hydrogens (primary N) is 1. The summed E-state index contributed by atoms with van der Waals surface area (Å²) in [4.78, 5) is 11.8. The van der Waals surface area contributed by atoms with Crippen LogP contribution in [0.1, 0.15) is 92.4 Å². The molecule has 1 saturated heterocycles. The normalized spacial score (nSPS) is 51.1. The minimum absolute atomic E-state index is 0.0754. The van der Waals surface area contributed by atoms with Gasteiger partial charge in [-0.3, -0.25) is 4.79 Å². The lowest BCUT2D eigenvalue weighted by Crippen LogP contribution is -2.63. The first-order chi connectivity index (χ1) is 15.5. The molecule has 4 aliphatic carbocycles. The Morgan fingerprint density at radius 1 is 0.970 bits per heavy atom. The molecule has 11 atom stereocenters. The maximum absolute atomic E-state index is 11.8. The summed E-state index contributed by atoms with van der Waals surface area (Å²) < 4.78 is 18.4. The van der Waals surface area contributed by atoms with Gasteiger partial charge in [0.2, 0.25) is 0 Å². The van der Waals surface area contributed by atoms with Crippen molar-refractivity contribution in [3.63, 3.8) is 0 Å². The monoisotopic (exact) mass is 461 g/mol. The molecule has 5 nitrogen and oxygen atoms in total. The van der Waals surface area contributed by atoms with Gasteiger partial charge < -0.3 is 19.9 Å². The molecule has 2 N–H and O–H groups in total. The van der Waals surface area contributed by atoms with Crippen LogP contribution in [0.25, 0.3) is 0 Å². The highest BCUT2D eigenvalue weighted by Crippen LogP contribution is 2.70. The fourth-order valence-corrected chi connectivity index (χ4v) is 9.84. The largest absolute Gasteiger partial charge is 0.469 e. The van der Waals surface area contributed by atoms with Crippen molar-refractivity contribution in [3.05, 3.63) is 0 Å². The van der Waals surface area contributed by atoms with E-state index in [-0.39, 0.29) is 18.2 Å². The van der Waals surface area contributed by atoms with Gasteiger partial charge in [-0.1, -0.05) is 20.8 Å². The highest BCUT2D eigenvalue weighted by Gasteiger charge is 2.68.